The van der Waals surface area contributed by atoms with E-state index >= 15 is 0 Å². The molecule has 0 bridgehead atoms. The fourth-order valence-corrected chi connectivity index (χ4v) is 2.45. The van der Waals surface area contributed by atoms with Gasteiger partial charge in [-0.25, -0.2) is 0 Å². The van der Waals surface area contributed by atoms with Crippen molar-refractivity contribution in [1.29, 1.82) is 0 Å². The van der Waals surface area contributed by atoms with Crippen LogP contribution in [0.4, 0.5) is 0 Å². The zero-order chi connectivity index (χ0) is 15.2. The van der Waals surface area contributed by atoms with E-state index in [1.807, 2.05) is 24.3 Å². The van der Waals surface area contributed by atoms with E-state index in [0.29, 0.717) is 23.7 Å². The highest BCUT2D eigenvalue weighted by Crippen LogP contribution is 2.14. The molecule has 0 aliphatic carbocycles. The van der Waals surface area contributed by atoms with Gasteiger partial charge in [0.1, 0.15) is 4.88 Å². The molecule has 1 amide bonds. The zero-order valence-electron chi connectivity index (χ0n) is 12.0. The van der Waals surface area contributed by atoms with Crippen LogP contribution in [0.1, 0.15) is 26.5 Å². The Morgan fingerprint density at radius 1 is 1.38 bits per heavy atom. The Kier molecular flexibility index (Phi) is 5.04. The minimum absolute atomic E-state index is 0.0606. The van der Waals surface area contributed by atoms with E-state index in [0.717, 1.165) is 22.7 Å². The lowest BCUT2D eigenvalue weighted by molar-refractivity contribution is 0.0789. The standard InChI is InChI=1S/C15H16N4OS/c1-11-14(21-18-17-11)15(20)19(2)10-13-7-5-12(6-8-13)4-3-9-16/h5-8H,9-10,16H2,1-2H3. The minimum Gasteiger partial charge on any atom is -0.337 e. The van der Waals surface area contributed by atoms with Crippen LogP contribution < -0.4 is 5.73 Å². The Morgan fingerprint density at radius 3 is 2.67 bits per heavy atom. The van der Waals surface area contributed by atoms with Crippen molar-refractivity contribution >= 4 is 17.4 Å². The number of rotatable bonds is 3. The molecule has 1 aromatic carbocycles. The SMILES string of the molecule is Cc1nnsc1C(=O)N(C)Cc1ccc(C#CCN)cc1. The summed E-state index contributed by atoms with van der Waals surface area (Å²) in [5.41, 5.74) is 7.97. The fourth-order valence-electron chi connectivity index (χ4n) is 1.79. The normalized spacial score (nSPS) is 9.86. The van der Waals surface area contributed by atoms with Gasteiger partial charge in [-0.15, -0.1) is 5.10 Å². The van der Waals surface area contributed by atoms with Gasteiger partial charge in [-0.3, -0.25) is 4.79 Å². The molecule has 0 radical (unpaired) electrons. The second-order valence-corrected chi connectivity index (χ2v) is 5.31. The number of hydrogen-bond donors (Lipinski definition) is 1. The fraction of sp³-hybridized carbons (Fsp3) is 0.267. The van der Waals surface area contributed by atoms with Gasteiger partial charge in [-0.2, -0.15) is 0 Å². The quantitative estimate of drug-likeness (QED) is 0.870. The molecule has 21 heavy (non-hydrogen) atoms. The number of nitrogens with zero attached hydrogens (tertiary/aromatic N) is 3. The molecule has 108 valence electrons. The van der Waals surface area contributed by atoms with Crippen LogP contribution in [0.3, 0.4) is 0 Å². The molecule has 0 spiro atoms. The Bertz CT molecular complexity index is 682. The summed E-state index contributed by atoms with van der Waals surface area (Å²) >= 11 is 1.13. The summed E-state index contributed by atoms with van der Waals surface area (Å²) < 4.78 is 3.79. The maximum absolute atomic E-state index is 12.3. The van der Waals surface area contributed by atoms with Crippen LogP contribution >= 0.6 is 11.5 Å². The third-order valence-corrected chi connectivity index (χ3v) is 3.72. The lowest BCUT2D eigenvalue weighted by atomic mass is 10.1. The van der Waals surface area contributed by atoms with Crippen LogP contribution in [0.15, 0.2) is 24.3 Å². The Labute approximate surface area is 127 Å². The number of carbonyl (C=O) groups is 1. The van der Waals surface area contributed by atoms with Crippen molar-refractivity contribution in [1.82, 2.24) is 14.5 Å². The second kappa shape index (κ2) is 6.97. The first-order chi connectivity index (χ1) is 10.1. The van der Waals surface area contributed by atoms with Crippen molar-refractivity contribution in [2.45, 2.75) is 13.5 Å². The van der Waals surface area contributed by atoms with Gasteiger partial charge in [0.05, 0.1) is 12.2 Å². The summed E-state index contributed by atoms with van der Waals surface area (Å²) in [6.07, 6.45) is 0. The third kappa shape index (κ3) is 3.88. The van der Waals surface area contributed by atoms with E-state index in [9.17, 15) is 4.79 Å². The van der Waals surface area contributed by atoms with Crippen molar-refractivity contribution in [2.24, 2.45) is 5.73 Å². The van der Waals surface area contributed by atoms with Crippen LogP contribution in [-0.2, 0) is 6.54 Å². The maximum Gasteiger partial charge on any atom is 0.267 e. The number of amides is 1. The third-order valence-electron chi connectivity index (χ3n) is 2.90. The summed E-state index contributed by atoms with van der Waals surface area (Å²) in [7, 11) is 1.77. The highest BCUT2D eigenvalue weighted by molar-refractivity contribution is 7.07. The first-order valence-corrected chi connectivity index (χ1v) is 7.21. The zero-order valence-corrected chi connectivity index (χ0v) is 12.8. The van der Waals surface area contributed by atoms with Gasteiger partial charge in [0.25, 0.3) is 5.91 Å². The van der Waals surface area contributed by atoms with Crippen LogP contribution in [0.25, 0.3) is 0 Å². The first kappa shape index (κ1) is 15.2. The van der Waals surface area contributed by atoms with E-state index in [1.165, 1.54) is 0 Å². The Hall–Kier alpha value is -2.23. The van der Waals surface area contributed by atoms with Gasteiger partial charge in [-0.05, 0) is 36.2 Å². The molecule has 0 saturated heterocycles. The molecule has 0 unspecified atom stereocenters. The number of nitrogens with two attached hydrogens (primary N) is 1. The molecule has 0 aliphatic rings. The number of aromatic nitrogens is 2. The predicted molar refractivity (Wildman–Crippen MR) is 82.8 cm³/mol. The van der Waals surface area contributed by atoms with Gasteiger partial charge in [0.2, 0.25) is 0 Å². The van der Waals surface area contributed by atoms with Crippen LogP contribution in [0.2, 0.25) is 0 Å². The molecule has 2 N–H and O–H groups in total. The highest BCUT2D eigenvalue weighted by atomic mass is 32.1. The number of hydrogen-bond acceptors (Lipinski definition) is 5. The average molecular weight is 300 g/mol. The summed E-state index contributed by atoms with van der Waals surface area (Å²) in [6.45, 7) is 2.66. The summed E-state index contributed by atoms with van der Waals surface area (Å²) in [5, 5.41) is 3.86. The van der Waals surface area contributed by atoms with Gasteiger partial charge in [0.15, 0.2) is 0 Å². The van der Waals surface area contributed by atoms with Crippen molar-refractivity contribution in [3.8, 4) is 11.8 Å². The van der Waals surface area contributed by atoms with Crippen LogP contribution in [0.5, 0.6) is 0 Å². The first-order valence-electron chi connectivity index (χ1n) is 6.44. The summed E-state index contributed by atoms with van der Waals surface area (Å²) in [4.78, 5) is 14.5. The maximum atomic E-state index is 12.3. The number of carbonyl (C=O) groups excluding carboxylic acids is 1. The lowest BCUT2D eigenvalue weighted by Crippen LogP contribution is -2.26. The monoisotopic (exact) mass is 300 g/mol. The lowest BCUT2D eigenvalue weighted by Gasteiger charge is -2.16. The molecule has 1 aromatic heterocycles. The minimum atomic E-state index is -0.0606. The molecule has 5 nitrogen and oxygen atoms in total. The molecule has 2 aromatic rings. The molecular weight excluding hydrogens is 284 g/mol. The molecule has 0 atom stereocenters. The molecule has 0 saturated carbocycles. The van der Waals surface area contributed by atoms with Crippen molar-refractivity contribution < 1.29 is 4.79 Å². The van der Waals surface area contributed by atoms with Gasteiger partial charge < -0.3 is 10.6 Å². The molecule has 0 aliphatic heterocycles. The van der Waals surface area contributed by atoms with Crippen molar-refractivity contribution in [2.75, 3.05) is 13.6 Å². The van der Waals surface area contributed by atoms with Crippen molar-refractivity contribution in [3.05, 3.63) is 46.0 Å². The number of aryl methyl sites for hydroxylation is 1. The second-order valence-electron chi connectivity index (χ2n) is 4.55. The predicted octanol–water partition coefficient (Wildman–Crippen LogP) is 1.43. The van der Waals surface area contributed by atoms with Gasteiger partial charge in [-0.1, -0.05) is 28.5 Å². The Morgan fingerprint density at radius 2 is 2.10 bits per heavy atom. The molecule has 2 rings (SSSR count). The number of benzene rings is 1. The smallest absolute Gasteiger partial charge is 0.267 e. The summed E-state index contributed by atoms with van der Waals surface area (Å²) in [6, 6.07) is 7.77. The topological polar surface area (TPSA) is 72.1 Å². The van der Waals surface area contributed by atoms with Gasteiger partial charge >= 0.3 is 0 Å². The van der Waals surface area contributed by atoms with Crippen LogP contribution in [0, 0.1) is 18.8 Å². The average Bonchev–Trinajstić information content (AvgIpc) is 2.92. The van der Waals surface area contributed by atoms with Crippen molar-refractivity contribution in [3.63, 3.8) is 0 Å². The molecule has 6 heteroatoms. The molecule has 1 heterocycles. The summed E-state index contributed by atoms with van der Waals surface area (Å²) in [5.74, 6) is 5.71. The van der Waals surface area contributed by atoms with E-state index in [4.69, 9.17) is 5.73 Å². The molecule has 0 fully saturated rings. The highest BCUT2D eigenvalue weighted by Gasteiger charge is 2.17. The Balaban J connectivity index is 2.04. The van der Waals surface area contributed by atoms with E-state index in [-0.39, 0.29) is 5.91 Å². The van der Waals surface area contributed by atoms with E-state index < -0.39 is 0 Å². The van der Waals surface area contributed by atoms with Gasteiger partial charge in [0, 0.05) is 19.2 Å². The van der Waals surface area contributed by atoms with Crippen LogP contribution in [-0.4, -0.2) is 34.0 Å². The van der Waals surface area contributed by atoms with E-state index in [1.54, 1.807) is 18.9 Å². The van der Waals surface area contributed by atoms with E-state index in [2.05, 4.69) is 21.4 Å². The largest absolute Gasteiger partial charge is 0.337 e. The molecular formula is C15H16N4OS.